The van der Waals surface area contributed by atoms with Gasteiger partial charge in [-0.2, -0.15) is 5.26 Å². The highest BCUT2D eigenvalue weighted by Gasteiger charge is 2.23. The first-order chi connectivity index (χ1) is 14.6. The van der Waals surface area contributed by atoms with E-state index in [0.29, 0.717) is 34.3 Å². The van der Waals surface area contributed by atoms with Gasteiger partial charge in [0.25, 0.3) is 0 Å². The molecule has 0 amide bonds. The summed E-state index contributed by atoms with van der Waals surface area (Å²) in [6.07, 6.45) is 6.44. The minimum Gasteiger partial charge on any atom is -0.366 e. The maximum absolute atomic E-state index is 13.9. The molecule has 2 atom stereocenters. The standard InChI is InChI=1S/C22H22ClFN6/c1-2-18(19-4-3-7-26-19)30-21-9-15-20(12-28-21)27-11-13(10-25)22(15)29-14-5-6-16(23)17(24)8-14/h5-6,8-9,11-12,18-19,26H,2-4,7H2,1H3,(H,27,29)(H,28,30)/t18-,19?/m0/s1. The van der Waals surface area contributed by atoms with Crippen molar-refractivity contribution in [1.82, 2.24) is 15.3 Å². The molecule has 0 spiro atoms. The van der Waals surface area contributed by atoms with Gasteiger partial charge in [0.1, 0.15) is 17.7 Å². The van der Waals surface area contributed by atoms with E-state index in [1.165, 1.54) is 24.8 Å². The van der Waals surface area contributed by atoms with Gasteiger partial charge in [0.15, 0.2) is 0 Å². The topological polar surface area (TPSA) is 85.7 Å². The number of aromatic nitrogens is 2. The zero-order valence-corrected chi connectivity index (χ0v) is 17.3. The average molecular weight is 425 g/mol. The van der Waals surface area contributed by atoms with E-state index in [1.807, 2.05) is 6.07 Å². The lowest BCUT2D eigenvalue weighted by atomic mass is 10.0. The van der Waals surface area contributed by atoms with Gasteiger partial charge in [-0.3, -0.25) is 4.98 Å². The molecular formula is C22H22ClFN6. The molecule has 0 bridgehead atoms. The van der Waals surface area contributed by atoms with Crippen LogP contribution in [0.5, 0.6) is 0 Å². The van der Waals surface area contributed by atoms with Crippen molar-refractivity contribution in [3.8, 4) is 6.07 Å². The Kier molecular flexibility index (Phi) is 5.98. The largest absolute Gasteiger partial charge is 0.366 e. The van der Waals surface area contributed by atoms with Gasteiger partial charge in [0.05, 0.1) is 28.0 Å². The Hall–Kier alpha value is -2.95. The molecule has 1 aliphatic heterocycles. The zero-order valence-electron chi connectivity index (χ0n) is 16.5. The predicted octanol–water partition coefficient (Wildman–Crippen LogP) is 4.98. The van der Waals surface area contributed by atoms with Crippen molar-refractivity contribution in [3.05, 3.63) is 53.1 Å². The van der Waals surface area contributed by atoms with Crippen LogP contribution in [0.2, 0.25) is 5.02 Å². The number of hydrogen-bond donors (Lipinski definition) is 3. The van der Waals surface area contributed by atoms with Crippen molar-refractivity contribution < 1.29 is 4.39 Å². The first kappa shape index (κ1) is 20.3. The number of nitrogens with one attached hydrogen (secondary N) is 3. The molecule has 1 aliphatic rings. The number of benzene rings is 1. The first-order valence-electron chi connectivity index (χ1n) is 10.00. The van der Waals surface area contributed by atoms with E-state index in [9.17, 15) is 9.65 Å². The minimum atomic E-state index is -0.530. The summed E-state index contributed by atoms with van der Waals surface area (Å²) in [7, 11) is 0. The van der Waals surface area contributed by atoms with Crippen LogP contribution in [0.4, 0.5) is 21.6 Å². The second-order valence-electron chi connectivity index (χ2n) is 7.36. The molecule has 6 nitrogen and oxygen atoms in total. The predicted molar refractivity (Wildman–Crippen MR) is 118 cm³/mol. The Morgan fingerprint density at radius 1 is 1.33 bits per heavy atom. The number of nitriles is 1. The number of rotatable bonds is 6. The van der Waals surface area contributed by atoms with E-state index in [1.54, 1.807) is 12.3 Å². The van der Waals surface area contributed by atoms with E-state index in [-0.39, 0.29) is 11.1 Å². The zero-order chi connectivity index (χ0) is 21.1. The summed E-state index contributed by atoms with van der Waals surface area (Å²) < 4.78 is 13.9. The second-order valence-corrected chi connectivity index (χ2v) is 7.77. The number of nitrogens with zero attached hydrogens (tertiary/aromatic N) is 3. The molecule has 4 rings (SSSR count). The maximum Gasteiger partial charge on any atom is 0.143 e. The SMILES string of the molecule is CC[C@H](Nc1cc2c(Nc3ccc(Cl)c(F)c3)c(C#N)cnc2cn1)C1CCCN1. The molecule has 8 heteroatoms. The fraction of sp³-hybridized carbons (Fsp3) is 0.318. The summed E-state index contributed by atoms with van der Waals surface area (Å²) in [6.45, 7) is 3.19. The van der Waals surface area contributed by atoms with Crippen LogP contribution in [-0.2, 0) is 0 Å². The van der Waals surface area contributed by atoms with Crippen LogP contribution in [0, 0.1) is 17.1 Å². The normalized spacial score (nSPS) is 16.9. The van der Waals surface area contributed by atoms with Crippen LogP contribution >= 0.6 is 11.6 Å². The van der Waals surface area contributed by atoms with Crippen LogP contribution in [0.25, 0.3) is 10.9 Å². The highest BCUT2D eigenvalue weighted by molar-refractivity contribution is 6.30. The fourth-order valence-corrected chi connectivity index (χ4v) is 3.96. The molecule has 1 aromatic carbocycles. The van der Waals surface area contributed by atoms with Gasteiger partial charge in [-0.05, 0) is 50.1 Å². The third-order valence-electron chi connectivity index (χ3n) is 5.42. The van der Waals surface area contributed by atoms with Crippen molar-refractivity contribution in [2.75, 3.05) is 17.2 Å². The summed E-state index contributed by atoms with van der Waals surface area (Å²) in [5, 5.41) is 20.6. The minimum absolute atomic E-state index is 0.0439. The molecule has 3 aromatic rings. The number of pyridine rings is 2. The van der Waals surface area contributed by atoms with Gasteiger partial charge in [-0.15, -0.1) is 0 Å². The summed E-state index contributed by atoms with van der Waals surface area (Å²) in [6, 6.07) is 9.14. The smallest absolute Gasteiger partial charge is 0.143 e. The monoisotopic (exact) mass is 424 g/mol. The van der Waals surface area contributed by atoms with Crippen molar-refractivity contribution >= 4 is 39.7 Å². The summed E-state index contributed by atoms with van der Waals surface area (Å²) in [5.74, 6) is 0.183. The molecule has 3 N–H and O–H groups in total. The Balaban J connectivity index is 1.71. The summed E-state index contributed by atoms with van der Waals surface area (Å²) in [4.78, 5) is 8.85. The van der Waals surface area contributed by atoms with Crippen LogP contribution in [0.15, 0.2) is 36.7 Å². The number of halogens is 2. The van der Waals surface area contributed by atoms with Gasteiger partial charge >= 0.3 is 0 Å². The van der Waals surface area contributed by atoms with Gasteiger partial charge in [-0.1, -0.05) is 18.5 Å². The molecular weight excluding hydrogens is 403 g/mol. The second kappa shape index (κ2) is 8.82. The highest BCUT2D eigenvalue weighted by atomic mass is 35.5. The highest BCUT2D eigenvalue weighted by Crippen LogP contribution is 2.31. The van der Waals surface area contributed by atoms with Gasteiger partial charge in [0, 0.05) is 29.4 Å². The molecule has 1 unspecified atom stereocenters. The number of hydrogen-bond acceptors (Lipinski definition) is 6. The fourth-order valence-electron chi connectivity index (χ4n) is 3.84. The number of fused-ring (bicyclic) bond motifs is 1. The molecule has 0 radical (unpaired) electrons. The van der Waals surface area contributed by atoms with Crippen molar-refractivity contribution in [2.45, 2.75) is 38.3 Å². The third-order valence-corrected chi connectivity index (χ3v) is 5.73. The lowest BCUT2D eigenvalue weighted by molar-refractivity contribution is 0.498. The first-order valence-corrected chi connectivity index (χ1v) is 10.4. The van der Waals surface area contributed by atoms with Crippen LogP contribution in [0.3, 0.4) is 0 Å². The average Bonchev–Trinajstić information content (AvgIpc) is 3.29. The molecule has 1 saturated heterocycles. The molecule has 0 aliphatic carbocycles. The Morgan fingerprint density at radius 3 is 2.90 bits per heavy atom. The van der Waals surface area contributed by atoms with E-state index >= 15 is 0 Å². The molecule has 0 saturated carbocycles. The lowest BCUT2D eigenvalue weighted by Crippen LogP contribution is -2.39. The van der Waals surface area contributed by atoms with Crippen molar-refractivity contribution in [3.63, 3.8) is 0 Å². The van der Waals surface area contributed by atoms with Crippen LogP contribution < -0.4 is 16.0 Å². The number of anilines is 3. The van der Waals surface area contributed by atoms with E-state index in [2.05, 4.69) is 38.9 Å². The quantitative estimate of drug-likeness (QED) is 0.517. The molecule has 2 aromatic heterocycles. The summed E-state index contributed by atoms with van der Waals surface area (Å²) in [5.41, 5.74) is 2.05. The van der Waals surface area contributed by atoms with Gasteiger partial charge < -0.3 is 16.0 Å². The maximum atomic E-state index is 13.9. The van der Waals surface area contributed by atoms with E-state index < -0.39 is 5.82 Å². The Bertz CT molecular complexity index is 1110. The van der Waals surface area contributed by atoms with Crippen molar-refractivity contribution in [2.24, 2.45) is 0 Å². The van der Waals surface area contributed by atoms with Crippen LogP contribution in [0.1, 0.15) is 31.7 Å². The lowest BCUT2D eigenvalue weighted by Gasteiger charge is -2.24. The Morgan fingerprint density at radius 2 is 2.20 bits per heavy atom. The molecule has 30 heavy (non-hydrogen) atoms. The van der Waals surface area contributed by atoms with Gasteiger partial charge in [0.2, 0.25) is 0 Å². The van der Waals surface area contributed by atoms with Gasteiger partial charge in [-0.25, -0.2) is 9.37 Å². The van der Waals surface area contributed by atoms with Crippen LogP contribution in [-0.4, -0.2) is 28.6 Å². The third kappa shape index (κ3) is 4.16. The molecule has 1 fully saturated rings. The molecule has 154 valence electrons. The molecule has 3 heterocycles. The Labute approximate surface area is 179 Å². The van der Waals surface area contributed by atoms with E-state index in [0.717, 1.165) is 24.8 Å². The van der Waals surface area contributed by atoms with Crippen molar-refractivity contribution in [1.29, 1.82) is 5.26 Å². The summed E-state index contributed by atoms with van der Waals surface area (Å²) >= 11 is 5.79. The van der Waals surface area contributed by atoms with E-state index in [4.69, 9.17) is 11.6 Å².